The van der Waals surface area contributed by atoms with E-state index >= 15 is 0 Å². The molecule has 6 nitrogen and oxygen atoms in total. The van der Waals surface area contributed by atoms with Crippen LogP contribution in [0, 0.1) is 29.1 Å². The number of nitrogens with one attached hydrogen (secondary N) is 1. The van der Waals surface area contributed by atoms with Gasteiger partial charge in [-0.25, -0.2) is 4.98 Å². The SMILES string of the molecule is C.CC(C)[C@H](CN1CC[C@H](C2C=CC(Cl)CC2)C(C)(C)C1)NCc1cccnc1F.O.O.O. The lowest BCUT2D eigenvalue weighted by molar-refractivity contribution is 0.0219. The van der Waals surface area contributed by atoms with Gasteiger partial charge in [-0.15, -0.1) is 11.6 Å². The minimum Gasteiger partial charge on any atom is -0.412 e. The van der Waals surface area contributed by atoms with Gasteiger partial charge in [0.15, 0.2) is 0 Å². The Bertz CT molecular complexity index is 705. The number of allylic oxidation sites excluding steroid dienone is 2. The molecule has 0 saturated carbocycles. The van der Waals surface area contributed by atoms with Crippen LogP contribution in [0.25, 0.3) is 0 Å². The molecule has 1 aromatic rings. The third kappa shape index (κ3) is 9.23. The summed E-state index contributed by atoms with van der Waals surface area (Å²) in [4.78, 5) is 6.36. The number of aromatic nitrogens is 1. The van der Waals surface area contributed by atoms with Crippen LogP contribution in [0.4, 0.5) is 4.39 Å². The molecule has 1 aromatic heterocycles. The fraction of sp³-hybridized carbons (Fsp3) is 0.720. The fourth-order valence-corrected chi connectivity index (χ4v) is 5.37. The number of halogens is 2. The van der Waals surface area contributed by atoms with Crippen LogP contribution >= 0.6 is 11.6 Å². The Morgan fingerprint density at radius 3 is 2.42 bits per heavy atom. The van der Waals surface area contributed by atoms with Crippen molar-refractivity contribution in [1.82, 2.24) is 15.2 Å². The maximum atomic E-state index is 13.9. The van der Waals surface area contributed by atoms with Crippen LogP contribution in [0.3, 0.4) is 0 Å². The van der Waals surface area contributed by atoms with Crippen LogP contribution < -0.4 is 5.32 Å². The predicted octanol–water partition coefficient (Wildman–Crippen LogP) is 3.42. The number of hydrogen-bond acceptors (Lipinski definition) is 3. The summed E-state index contributed by atoms with van der Waals surface area (Å²) < 4.78 is 13.9. The van der Waals surface area contributed by atoms with Crippen LogP contribution in [0.1, 0.15) is 59.9 Å². The Balaban J connectivity index is 0. The molecule has 1 aliphatic carbocycles. The first-order valence-corrected chi connectivity index (χ1v) is 11.6. The van der Waals surface area contributed by atoms with E-state index in [0.29, 0.717) is 35.9 Å². The van der Waals surface area contributed by atoms with Crippen LogP contribution in [-0.2, 0) is 6.54 Å². The maximum absolute atomic E-state index is 13.9. The molecule has 2 unspecified atom stereocenters. The van der Waals surface area contributed by atoms with Gasteiger partial charge in [0.2, 0.25) is 5.95 Å². The molecular weight excluding hydrogens is 445 g/mol. The van der Waals surface area contributed by atoms with Crippen LogP contribution in [0.15, 0.2) is 30.5 Å². The first-order chi connectivity index (χ1) is 13.8. The Kier molecular flexibility index (Phi) is 15.5. The lowest BCUT2D eigenvalue weighted by Gasteiger charge is -2.48. The minimum absolute atomic E-state index is 0. The Labute approximate surface area is 204 Å². The number of alkyl halides is 1. The first-order valence-electron chi connectivity index (χ1n) is 11.1. The standard InChI is InChI=1S/C24H37ClFN3.CH4.3H2O/c1-17(2)22(28-14-19-6-5-12-27-23(19)26)15-29-13-11-21(24(3,4)16-29)18-7-9-20(25)10-8-18;;;;/h5-7,9,12,17-18,20-22,28H,8,10-11,13-16H2,1-4H3;1H4;3*1H2/t18?,20?,21-,22+;;;;/m1..../s1. The van der Waals surface area contributed by atoms with Crippen LogP contribution in [-0.4, -0.2) is 57.4 Å². The number of likely N-dealkylation sites (tertiary alicyclic amines) is 1. The monoisotopic (exact) mass is 491 g/mol. The summed E-state index contributed by atoms with van der Waals surface area (Å²) >= 11 is 6.26. The maximum Gasteiger partial charge on any atom is 0.217 e. The summed E-state index contributed by atoms with van der Waals surface area (Å²) in [6.45, 7) is 13.1. The van der Waals surface area contributed by atoms with Gasteiger partial charge in [0.05, 0.1) is 5.38 Å². The average Bonchev–Trinajstić information content (AvgIpc) is 2.66. The van der Waals surface area contributed by atoms with E-state index < -0.39 is 0 Å². The molecule has 7 N–H and O–H groups in total. The van der Waals surface area contributed by atoms with E-state index in [1.807, 2.05) is 6.07 Å². The molecule has 33 heavy (non-hydrogen) atoms. The van der Waals surface area contributed by atoms with Crippen molar-refractivity contribution >= 4 is 11.6 Å². The summed E-state index contributed by atoms with van der Waals surface area (Å²) in [5, 5.41) is 3.80. The van der Waals surface area contributed by atoms with Gasteiger partial charge < -0.3 is 26.6 Å². The molecule has 0 bridgehead atoms. The van der Waals surface area contributed by atoms with Gasteiger partial charge in [-0.2, -0.15) is 4.39 Å². The van der Waals surface area contributed by atoms with Gasteiger partial charge in [-0.1, -0.05) is 53.3 Å². The van der Waals surface area contributed by atoms with Gasteiger partial charge in [0, 0.05) is 37.4 Å². The summed E-state index contributed by atoms with van der Waals surface area (Å²) in [6.07, 6.45) is 9.63. The normalized spacial score (nSPS) is 25.1. The topological polar surface area (TPSA) is 123 Å². The molecule has 0 aromatic carbocycles. The van der Waals surface area contributed by atoms with E-state index in [2.05, 4.69) is 55.0 Å². The Morgan fingerprint density at radius 1 is 1.18 bits per heavy atom. The smallest absolute Gasteiger partial charge is 0.217 e. The number of rotatable bonds is 7. The quantitative estimate of drug-likeness (QED) is 0.357. The molecule has 4 atom stereocenters. The molecule has 0 radical (unpaired) electrons. The van der Waals surface area contributed by atoms with Gasteiger partial charge in [0.25, 0.3) is 0 Å². The van der Waals surface area contributed by atoms with E-state index in [0.717, 1.165) is 26.1 Å². The lowest BCUT2D eigenvalue weighted by Crippen LogP contribution is -2.52. The van der Waals surface area contributed by atoms with Crippen molar-refractivity contribution in [2.75, 3.05) is 19.6 Å². The highest BCUT2D eigenvalue weighted by Gasteiger charge is 2.40. The second-order valence-electron chi connectivity index (χ2n) is 9.95. The van der Waals surface area contributed by atoms with E-state index in [9.17, 15) is 4.39 Å². The molecule has 3 rings (SSSR count). The van der Waals surface area contributed by atoms with Crippen molar-refractivity contribution < 1.29 is 20.8 Å². The first kappa shape index (κ1) is 34.1. The summed E-state index contributed by atoms with van der Waals surface area (Å²) in [5.41, 5.74) is 0.919. The fourth-order valence-electron chi connectivity index (χ4n) is 5.16. The van der Waals surface area contributed by atoms with Crippen molar-refractivity contribution in [2.45, 2.75) is 72.3 Å². The van der Waals surface area contributed by atoms with Gasteiger partial charge >= 0.3 is 0 Å². The number of nitrogens with zero attached hydrogens (tertiary/aromatic N) is 2. The van der Waals surface area contributed by atoms with Crippen molar-refractivity contribution in [3.63, 3.8) is 0 Å². The molecule has 1 aliphatic heterocycles. The molecule has 0 spiro atoms. The van der Waals surface area contributed by atoms with Crippen molar-refractivity contribution in [3.8, 4) is 0 Å². The molecule has 1 fully saturated rings. The van der Waals surface area contributed by atoms with Crippen molar-refractivity contribution in [3.05, 3.63) is 42.0 Å². The summed E-state index contributed by atoms with van der Waals surface area (Å²) in [6, 6.07) is 3.93. The molecule has 194 valence electrons. The molecule has 2 aliphatic rings. The number of pyridine rings is 1. The summed E-state index contributed by atoms with van der Waals surface area (Å²) in [7, 11) is 0. The zero-order chi connectivity index (χ0) is 21.0. The van der Waals surface area contributed by atoms with Crippen LogP contribution in [0.5, 0.6) is 0 Å². The average molecular weight is 492 g/mol. The highest BCUT2D eigenvalue weighted by atomic mass is 35.5. The Morgan fingerprint density at radius 2 is 1.88 bits per heavy atom. The van der Waals surface area contributed by atoms with E-state index in [-0.39, 0.29) is 40.6 Å². The summed E-state index contributed by atoms with van der Waals surface area (Å²) in [5.74, 6) is 1.49. The third-order valence-corrected chi connectivity index (χ3v) is 7.27. The molecule has 0 amide bonds. The highest BCUT2D eigenvalue weighted by Crippen LogP contribution is 2.43. The van der Waals surface area contributed by atoms with Gasteiger partial charge in [0.1, 0.15) is 0 Å². The molecule has 2 heterocycles. The van der Waals surface area contributed by atoms with E-state index in [4.69, 9.17) is 11.6 Å². The molecular formula is C25H47ClFN3O3. The predicted molar refractivity (Wildman–Crippen MR) is 137 cm³/mol. The zero-order valence-corrected chi connectivity index (χ0v) is 20.6. The second-order valence-corrected chi connectivity index (χ2v) is 10.5. The largest absolute Gasteiger partial charge is 0.412 e. The zero-order valence-electron chi connectivity index (χ0n) is 19.9. The minimum atomic E-state index is -0.371. The van der Waals surface area contributed by atoms with Crippen molar-refractivity contribution in [2.24, 2.45) is 23.2 Å². The van der Waals surface area contributed by atoms with Crippen LogP contribution in [0.2, 0.25) is 0 Å². The van der Waals surface area contributed by atoms with Crippen molar-refractivity contribution in [1.29, 1.82) is 0 Å². The molecule has 8 heteroatoms. The number of piperidine rings is 1. The molecule has 1 saturated heterocycles. The number of hydrogen-bond donors (Lipinski definition) is 1. The van der Waals surface area contributed by atoms with Gasteiger partial charge in [-0.05, 0) is 55.0 Å². The lowest BCUT2D eigenvalue weighted by atomic mass is 9.65. The third-order valence-electron chi connectivity index (χ3n) is 6.90. The van der Waals surface area contributed by atoms with E-state index in [1.165, 1.54) is 19.0 Å². The van der Waals surface area contributed by atoms with Gasteiger partial charge in [-0.3, -0.25) is 0 Å². The Hall–Kier alpha value is -1.09. The second kappa shape index (κ2) is 15.0. The van der Waals surface area contributed by atoms with E-state index in [1.54, 1.807) is 6.07 Å². The highest BCUT2D eigenvalue weighted by molar-refractivity contribution is 6.21.